The summed E-state index contributed by atoms with van der Waals surface area (Å²) in [7, 11) is 0. The number of carbonyl (C=O) groups is 1. The van der Waals surface area contributed by atoms with Gasteiger partial charge in [0.25, 0.3) is 5.91 Å². The average Bonchev–Trinajstić information content (AvgIpc) is 3.02. The summed E-state index contributed by atoms with van der Waals surface area (Å²) in [6.07, 6.45) is 2.07. The molecule has 2 rings (SSSR count). The number of benzene rings is 1. The van der Waals surface area contributed by atoms with Crippen LogP contribution >= 0.6 is 23.6 Å². The molecule has 0 radical (unpaired) electrons. The molecule has 0 unspecified atom stereocenters. The van der Waals surface area contributed by atoms with Crippen LogP contribution in [-0.4, -0.2) is 11.0 Å². The lowest BCUT2D eigenvalue weighted by atomic mass is 10.1. The molecule has 0 spiro atoms. The summed E-state index contributed by atoms with van der Waals surface area (Å²) in [4.78, 5) is 13.3. The highest BCUT2D eigenvalue weighted by Crippen LogP contribution is 2.16. The predicted octanol–water partition coefficient (Wildman–Crippen LogP) is 3.57. The lowest BCUT2D eigenvalue weighted by molar-refractivity contribution is 0.0944. The minimum atomic E-state index is -0.180. The van der Waals surface area contributed by atoms with E-state index in [4.69, 9.17) is 12.2 Å². The molecule has 23 heavy (non-hydrogen) atoms. The van der Waals surface area contributed by atoms with E-state index < -0.39 is 0 Å². The quantitative estimate of drug-likeness (QED) is 0.572. The number of thiocarbonyl (C=S) groups is 1. The second-order valence-electron chi connectivity index (χ2n) is 5.24. The molecule has 2 aromatic rings. The van der Waals surface area contributed by atoms with Gasteiger partial charge in [-0.15, -0.1) is 11.3 Å². The highest BCUT2D eigenvalue weighted by Gasteiger charge is 2.10. The first-order valence-corrected chi connectivity index (χ1v) is 8.88. The number of hydrazine groups is 1. The standard InChI is InChI=1S/C17H21N3OS2/c1-3-7-15-10-14(11-23-15)16(21)19-20-17(22)18-12(2)13-8-5-4-6-9-13/h4-6,8-12H,3,7H2,1-2H3,(H,19,21)(H2,18,20,22)/t12-/m0/s1. The summed E-state index contributed by atoms with van der Waals surface area (Å²) in [5.74, 6) is -0.180. The molecule has 1 heterocycles. The molecule has 1 amide bonds. The fourth-order valence-electron chi connectivity index (χ4n) is 2.12. The molecule has 122 valence electrons. The van der Waals surface area contributed by atoms with Crippen molar-refractivity contribution < 1.29 is 4.79 Å². The van der Waals surface area contributed by atoms with Crippen LogP contribution in [0, 0.1) is 0 Å². The number of thiophene rings is 1. The molecule has 1 aromatic heterocycles. The van der Waals surface area contributed by atoms with Crippen LogP contribution in [0.2, 0.25) is 0 Å². The second kappa shape index (κ2) is 8.64. The van der Waals surface area contributed by atoms with Gasteiger partial charge in [0.2, 0.25) is 0 Å². The van der Waals surface area contributed by atoms with Crippen LogP contribution in [0.25, 0.3) is 0 Å². The van der Waals surface area contributed by atoms with Crippen molar-refractivity contribution in [1.29, 1.82) is 0 Å². The molecule has 1 atom stereocenters. The zero-order chi connectivity index (χ0) is 16.7. The number of nitrogens with one attached hydrogen (secondary N) is 3. The molecule has 0 bridgehead atoms. The molecule has 6 heteroatoms. The van der Waals surface area contributed by atoms with Crippen molar-refractivity contribution in [2.24, 2.45) is 0 Å². The van der Waals surface area contributed by atoms with Crippen LogP contribution in [0.5, 0.6) is 0 Å². The fraction of sp³-hybridized carbons (Fsp3) is 0.294. The van der Waals surface area contributed by atoms with Gasteiger partial charge in [-0.25, -0.2) is 0 Å². The van der Waals surface area contributed by atoms with Gasteiger partial charge in [-0.2, -0.15) is 0 Å². The molecule has 0 fully saturated rings. The van der Waals surface area contributed by atoms with E-state index in [9.17, 15) is 4.79 Å². The van der Waals surface area contributed by atoms with Crippen LogP contribution in [0.4, 0.5) is 0 Å². The second-order valence-corrected chi connectivity index (χ2v) is 6.64. The molecule has 0 aliphatic rings. The molecule has 1 aromatic carbocycles. The van der Waals surface area contributed by atoms with E-state index in [1.807, 2.05) is 48.7 Å². The Bertz CT molecular complexity index is 655. The maximum absolute atomic E-state index is 12.1. The Balaban J connectivity index is 1.80. The van der Waals surface area contributed by atoms with E-state index in [0.717, 1.165) is 18.4 Å². The van der Waals surface area contributed by atoms with Crippen molar-refractivity contribution in [3.8, 4) is 0 Å². The van der Waals surface area contributed by atoms with E-state index in [1.54, 1.807) is 11.3 Å². The SMILES string of the molecule is CCCc1cc(C(=O)NNC(=S)N[C@@H](C)c2ccccc2)cs1. The van der Waals surface area contributed by atoms with Crippen molar-refractivity contribution >= 4 is 34.6 Å². The van der Waals surface area contributed by atoms with Gasteiger partial charge in [-0.1, -0.05) is 43.7 Å². The van der Waals surface area contributed by atoms with Gasteiger partial charge in [-0.05, 0) is 37.2 Å². The molecule has 3 N–H and O–H groups in total. The molecule has 0 saturated heterocycles. The third-order valence-corrected chi connectivity index (χ3v) is 4.57. The van der Waals surface area contributed by atoms with Gasteiger partial charge >= 0.3 is 0 Å². The summed E-state index contributed by atoms with van der Waals surface area (Å²) in [6, 6.07) is 12.0. The number of amides is 1. The monoisotopic (exact) mass is 347 g/mol. The lowest BCUT2D eigenvalue weighted by Gasteiger charge is -2.17. The van der Waals surface area contributed by atoms with Gasteiger partial charge in [0.05, 0.1) is 11.6 Å². The number of rotatable bonds is 5. The Morgan fingerprint density at radius 3 is 2.70 bits per heavy atom. The first kappa shape index (κ1) is 17.4. The highest BCUT2D eigenvalue weighted by atomic mass is 32.1. The smallest absolute Gasteiger partial charge is 0.270 e. The first-order chi connectivity index (χ1) is 11.1. The van der Waals surface area contributed by atoms with Crippen molar-refractivity contribution in [3.05, 3.63) is 57.8 Å². The fourth-order valence-corrected chi connectivity index (χ4v) is 3.32. The van der Waals surface area contributed by atoms with Crippen LogP contribution < -0.4 is 16.2 Å². The minimum absolute atomic E-state index is 0.0606. The lowest BCUT2D eigenvalue weighted by Crippen LogP contribution is -2.47. The molecule has 0 aliphatic heterocycles. The van der Waals surface area contributed by atoms with E-state index >= 15 is 0 Å². The van der Waals surface area contributed by atoms with Gasteiger partial charge in [0.1, 0.15) is 0 Å². The summed E-state index contributed by atoms with van der Waals surface area (Å²) >= 11 is 6.82. The largest absolute Gasteiger partial charge is 0.355 e. The number of aryl methyl sites for hydroxylation is 1. The molecular weight excluding hydrogens is 326 g/mol. The van der Waals surface area contributed by atoms with E-state index in [0.29, 0.717) is 10.7 Å². The van der Waals surface area contributed by atoms with Crippen LogP contribution in [0.15, 0.2) is 41.8 Å². The van der Waals surface area contributed by atoms with E-state index in [2.05, 4.69) is 23.1 Å². The van der Waals surface area contributed by atoms with Crippen molar-refractivity contribution in [3.63, 3.8) is 0 Å². The zero-order valence-corrected chi connectivity index (χ0v) is 14.9. The third-order valence-electron chi connectivity index (χ3n) is 3.35. The summed E-state index contributed by atoms with van der Waals surface area (Å²) < 4.78 is 0. The normalized spacial score (nSPS) is 11.6. The summed E-state index contributed by atoms with van der Waals surface area (Å²) in [6.45, 7) is 4.14. The average molecular weight is 348 g/mol. The highest BCUT2D eigenvalue weighted by molar-refractivity contribution is 7.80. The van der Waals surface area contributed by atoms with Crippen molar-refractivity contribution in [2.45, 2.75) is 32.7 Å². The van der Waals surface area contributed by atoms with Gasteiger partial charge < -0.3 is 5.32 Å². The molecule has 0 saturated carbocycles. The van der Waals surface area contributed by atoms with Crippen LogP contribution in [0.1, 0.15) is 47.1 Å². The van der Waals surface area contributed by atoms with Crippen molar-refractivity contribution in [2.75, 3.05) is 0 Å². The third kappa shape index (κ3) is 5.33. The number of carbonyl (C=O) groups excluding carboxylic acids is 1. The predicted molar refractivity (Wildman–Crippen MR) is 99.5 cm³/mol. The Hall–Kier alpha value is -1.92. The Kier molecular flexibility index (Phi) is 6.55. The van der Waals surface area contributed by atoms with Gasteiger partial charge in [0, 0.05) is 10.3 Å². The number of hydrogen-bond acceptors (Lipinski definition) is 3. The summed E-state index contributed by atoms with van der Waals surface area (Å²) in [5.41, 5.74) is 7.16. The maximum atomic E-state index is 12.1. The molecular formula is C17H21N3OS2. The van der Waals surface area contributed by atoms with E-state index in [-0.39, 0.29) is 11.9 Å². The maximum Gasteiger partial charge on any atom is 0.270 e. The van der Waals surface area contributed by atoms with Gasteiger partial charge in [-0.3, -0.25) is 15.6 Å². The molecule has 0 aliphatic carbocycles. The van der Waals surface area contributed by atoms with Gasteiger partial charge in [0.15, 0.2) is 5.11 Å². The minimum Gasteiger partial charge on any atom is -0.355 e. The Morgan fingerprint density at radius 2 is 2.00 bits per heavy atom. The van der Waals surface area contributed by atoms with E-state index in [1.165, 1.54) is 4.88 Å². The van der Waals surface area contributed by atoms with Crippen LogP contribution in [0.3, 0.4) is 0 Å². The number of hydrogen-bond donors (Lipinski definition) is 3. The topological polar surface area (TPSA) is 53.2 Å². The zero-order valence-electron chi connectivity index (χ0n) is 13.3. The first-order valence-electron chi connectivity index (χ1n) is 7.59. The Morgan fingerprint density at radius 1 is 1.26 bits per heavy atom. The summed E-state index contributed by atoms with van der Waals surface area (Å²) in [5, 5.41) is 5.39. The van der Waals surface area contributed by atoms with Crippen molar-refractivity contribution in [1.82, 2.24) is 16.2 Å². The Labute approximate surface area is 146 Å². The van der Waals surface area contributed by atoms with Crippen LogP contribution in [-0.2, 0) is 6.42 Å². The molecule has 4 nitrogen and oxygen atoms in total.